The molecule has 11 heteroatoms. The van der Waals surface area contributed by atoms with E-state index in [1.807, 2.05) is 0 Å². The van der Waals surface area contributed by atoms with Gasteiger partial charge in [0.05, 0.1) is 18.5 Å². The molecule has 1 aliphatic carbocycles. The largest absolute Gasteiger partial charge is 0.389 e. The molecule has 1 saturated carbocycles. The maximum Gasteiger partial charge on any atom is 0.389 e. The van der Waals surface area contributed by atoms with Gasteiger partial charge < -0.3 is 16.4 Å². The standard InChI is InChI=1S/C19H25F5N4O2/c1-11(27-15(29)4-8-19(22,23)24)13-5-9-26-14(10-13)28-17(30)16(25)12-2-6-18(20,21)7-3-12/h5,9-12,16H,2-4,6-8,25H2,1H3,(H,27,29)(H,26,28,30)/t11?,16-/m0/s1. The number of hydrogen-bond donors (Lipinski definition) is 3. The smallest absolute Gasteiger partial charge is 0.350 e. The zero-order chi connectivity index (χ0) is 22.5. The first-order valence-electron chi connectivity index (χ1n) is 9.63. The number of nitrogens with two attached hydrogens (primary N) is 1. The monoisotopic (exact) mass is 436 g/mol. The summed E-state index contributed by atoms with van der Waals surface area (Å²) < 4.78 is 63.2. The maximum absolute atomic E-state index is 13.3. The highest BCUT2D eigenvalue weighted by atomic mass is 19.4. The quantitative estimate of drug-likeness (QED) is 0.568. The summed E-state index contributed by atoms with van der Waals surface area (Å²) in [5.74, 6) is -4.25. The van der Waals surface area contributed by atoms with Crippen molar-refractivity contribution in [1.82, 2.24) is 10.3 Å². The van der Waals surface area contributed by atoms with E-state index in [0.29, 0.717) is 5.56 Å². The molecule has 0 bridgehead atoms. The van der Waals surface area contributed by atoms with Crippen molar-refractivity contribution in [3.63, 3.8) is 0 Å². The summed E-state index contributed by atoms with van der Waals surface area (Å²) in [7, 11) is 0. The molecule has 4 N–H and O–H groups in total. The average molecular weight is 436 g/mol. The van der Waals surface area contributed by atoms with Gasteiger partial charge in [-0.3, -0.25) is 9.59 Å². The predicted molar refractivity (Wildman–Crippen MR) is 99.6 cm³/mol. The lowest BCUT2D eigenvalue weighted by molar-refractivity contribution is -0.144. The van der Waals surface area contributed by atoms with E-state index in [1.54, 1.807) is 13.0 Å². The summed E-state index contributed by atoms with van der Waals surface area (Å²) in [6.07, 6.45) is -5.26. The second-order valence-corrected chi connectivity index (χ2v) is 7.59. The Labute approximate surface area is 170 Å². The van der Waals surface area contributed by atoms with Crippen LogP contribution in [0.2, 0.25) is 0 Å². The number of rotatable bonds is 7. The van der Waals surface area contributed by atoms with Gasteiger partial charge in [0.25, 0.3) is 0 Å². The molecule has 1 heterocycles. The molecular weight excluding hydrogens is 411 g/mol. The second-order valence-electron chi connectivity index (χ2n) is 7.59. The molecule has 6 nitrogen and oxygen atoms in total. The van der Waals surface area contributed by atoms with Crippen molar-refractivity contribution >= 4 is 17.6 Å². The molecule has 30 heavy (non-hydrogen) atoms. The number of pyridine rings is 1. The van der Waals surface area contributed by atoms with Gasteiger partial charge in [0, 0.05) is 25.5 Å². The van der Waals surface area contributed by atoms with Gasteiger partial charge in [0.2, 0.25) is 17.7 Å². The van der Waals surface area contributed by atoms with Gasteiger partial charge in [-0.05, 0) is 43.4 Å². The number of nitrogens with one attached hydrogen (secondary N) is 2. The highest BCUT2D eigenvalue weighted by Crippen LogP contribution is 2.37. The molecule has 0 aliphatic heterocycles. The van der Waals surface area contributed by atoms with E-state index in [1.165, 1.54) is 12.3 Å². The van der Waals surface area contributed by atoms with Crippen LogP contribution >= 0.6 is 0 Å². The highest BCUT2D eigenvalue weighted by molar-refractivity contribution is 5.94. The minimum atomic E-state index is -4.41. The zero-order valence-corrected chi connectivity index (χ0v) is 16.4. The van der Waals surface area contributed by atoms with Gasteiger partial charge in [-0.1, -0.05) is 0 Å². The summed E-state index contributed by atoms with van der Waals surface area (Å²) in [5, 5.41) is 4.99. The molecule has 2 rings (SSSR count). The highest BCUT2D eigenvalue weighted by Gasteiger charge is 2.38. The molecule has 1 aromatic rings. The number of aromatic nitrogens is 1. The molecule has 1 aromatic heterocycles. The van der Waals surface area contributed by atoms with Crippen LogP contribution in [0.25, 0.3) is 0 Å². The third kappa shape index (κ3) is 7.51. The number of alkyl halides is 5. The van der Waals surface area contributed by atoms with Crippen molar-refractivity contribution in [1.29, 1.82) is 0 Å². The fourth-order valence-corrected chi connectivity index (χ4v) is 3.28. The Bertz CT molecular complexity index is 747. The van der Waals surface area contributed by atoms with Gasteiger partial charge in [-0.25, -0.2) is 13.8 Å². The Morgan fingerprint density at radius 2 is 1.93 bits per heavy atom. The van der Waals surface area contributed by atoms with Crippen LogP contribution < -0.4 is 16.4 Å². The number of carbonyl (C=O) groups is 2. The van der Waals surface area contributed by atoms with Crippen molar-refractivity contribution in [3.05, 3.63) is 23.9 Å². The van der Waals surface area contributed by atoms with Crippen molar-refractivity contribution in [2.45, 2.75) is 69.6 Å². The van der Waals surface area contributed by atoms with E-state index >= 15 is 0 Å². The molecular formula is C19H25F5N4O2. The minimum absolute atomic E-state index is 0.144. The van der Waals surface area contributed by atoms with E-state index in [4.69, 9.17) is 5.73 Å². The zero-order valence-electron chi connectivity index (χ0n) is 16.4. The van der Waals surface area contributed by atoms with Crippen LogP contribution in [-0.4, -0.2) is 34.9 Å². The molecule has 0 saturated heterocycles. The van der Waals surface area contributed by atoms with Crippen LogP contribution in [0.1, 0.15) is 57.1 Å². The molecule has 1 fully saturated rings. The summed E-state index contributed by atoms with van der Waals surface area (Å²) in [4.78, 5) is 28.0. The van der Waals surface area contributed by atoms with E-state index in [2.05, 4.69) is 15.6 Å². The molecule has 2 atom stereocenters. The van der Waals surface area contributed by atoms with Crippen LogP contribution in [0, 0.1) is 5.92 Å². The fourth-order valence-electron chi connectivity index (χ4n) is 3.28. The summed E-state index contributed by atoms with van der Waals surface area (Å²) in [6.45, 7) is 1.58. The second kappa shape index (κ2) is 9.67. The van der Waals surface area contributed by atoms with Gasteiger partial charge in [-0.2, -0.15) is 13.2 Å². The lowest BCUT2D eigenvalue weighted by atomic mass is 9.82. The topological polar surface area (TPSA) is 97.1 Å². The minimum Gasteiger partial charge on any atom is -0.350 e. The Hall–Kier alpha value is -2.30. The first-order valence-corrected chi connectivity index (χ1v) is 9.63. The van der Waals surface area contributed by atoms with Crippen LogP contribution in [0.3, 0.4) is 0 Å². The van der Waals surface area contributed by atoms with Gasteiger partial charge in [-0.15, -0.1) is 0 Å². The van der Waals surface area contributed by atoms with Gasteiger partial charge in [0.15, 0.2) is 0 Å². The molecule has 168 valence electrons. The Balaban J connectivity index is 1.91. The average Bonchev–Trinajstić information content (AvgIpc) is 2.65. The fraction of sp³-hybridized carbons (Fsp3) is 0.632. The van der Waals surface area contributed by atoms with E-state index in [-0.39, 0.29) is 37.4 Å². The van der Waals surface area contributed by atoms with Crippen LogP contribution in [-0.2, 0) is 9.59 Å². The van der Waals surface area contributed by atoms with Crippen molar-refractivity contribution < 1.29 is 31.5 Å². The van der Waals surface area contributed by atoms with Crippen LogP contribution in [0.15, 0.2) is 18.3 Å². The first-order chi connectivity index (χ1) is 13.9. The van der Waals surface area contributed by atoms with E-state index in [9.17, 15) is 31.5 Å². The lowest BCUT2D eigenvalue weighted by Crippen LogP contribution is -2.44. The van der Waals surface area contributed by atoms with E-state index < -0.39 is 48.8 Å². The molecule has 0 spiro atoms. The predicted octanol–water partition coefficient (Wildman–Crippen LogP) is 3.69. The van der Waals surface area contributed by atoms with Crippen molar-refractivity contribution in [3.8, 4) is 0 Å². The molecule has 1 unspecified atom stereocenters. The molecule has 1 aliphatic rings. The lowest BCUT2D eigenvalue weighted by Gasteiger charge is -2.31. The third-order valence-corrected chi connectivity index (χ3v) is 5.12. The number of anilines is 1. The third-order valence-electron chi connectivity index (χ3n) is 5.12. The molecule has 0 aromatic carbocycles. The summed E-state index contributed by atoms with van der Waals surface area (Å²) in [6, 6.07) is 1.44. The number of halogens is 5. The molecule has 0 radical (unpaired) electrons. The van der Waals surface area contributed by atoms with Crippen molar-refractivity contribution in [2.24, 2.45) is 11.7 Å². The normalized spacial score (nSPS) is 19.0. The Kier molecular flexibility index (Phi) is 7.73. The SMILES string of the molecule is CC(NC(=O)CCC(F)(F)F)c1ccnc(NC(=O)[C@@H](N)C2CCC(F)(F)CC2)c1. The van der Waals surface area contributed by atoms with E-state index in [0.717, 1.165) is 0 Å². The summed E-state index contributed by atoms with van der Waals surface area (Å²) in [5.41, 5.74) is 6.45. The summed E-state index contributed by atoms with van der Waals surface area (Å²) >= 11 is 0. The van der Waals surface area contributed by atoms with Gasteiger partial charge >= 0.3 is 6.18 Å². The Morgan fingerprint density at radius 1 is 1.30 bits per heavy atom. The maximum atomic E-state index is 13.3. The molecule has 2 amide bonds. The van der Waals surface area contributed by atoms with Crippen molar-refractivity contribution in [2.75, 3.05) is 5.32 Å². The number of carbonyl (C=O) groups excluding carboxylic acids is 2. The number of hydrogen-bond acceptors (Lipinski definition) is 4. The Morgan fingerprint density at radius 3 is 2.53 bits per heavy atom. The first kappa shape index (κ1) is 24.0. The van der Waals surface area contributed by atoms with Crippen LogP contribution in [0.5, 0.6) is 0 Å². The number of amides is 2. The van der Waals surface area contributed by atoms with Gasteiger partial charge in [0.1, 0.15) is 5.82 Å². The number of nitrogens with zero attached hydrogens (tertiary/aromatic N) is 1. The van der Waals surface area contributed by atoms with Crippen LogP contribution in [0.4, 0.5) is 27.8 Å².